The lowest BCUT2D eigenvalue weighted by molar-refractivity contribution is -0.115. The maximum absolute atomic E-state index is 12.2. The molecule has 2 N–H and O–H groups in total. The van der Waals surface area contributed by atoms with E-state index in [1.165, 1.54) is 23.1 Å². The van der Waals surface area contributed by atoms with Crippen molar-refractivity contribution in [2.75, 3.05) is 17.7 Å². The number of rotatable bonds is 7. The zero-order valence-corrected chi connectivity index (χ0v) is 16.0. The van der Waals surface area contributed by atoms with Gasteiger partial charge < -0.3 is 19.9 Å². The second-order valence-electron chi connectivity index (χ2n) is 5.30. The van der Waals surface area contributed by atoms with E-state index in [2.05, 4.69) is 26.0 Å². The number of hydrogen-bond donors (Lipinski definition) is 2. The molecule has 0 unspecified atom stereocenters. The van der Waals surface area contributed by atoms with Crippen molar-refractivity contribution in [3.8, 4) is 5.75 Å². The number of methoxy groups -OCH3 is 1. The first-order valence-corrected chi connectivity index (χ1v) is 9.38. The van der Waals surface area contributed by atoms with E-state index in [1.54, 1.807) is 27.0 Å². The van der Waals surface area contributed by atoms with Crippen molar-refractivity contribution in [3.63, 3.8) is 0 Å². The van der Waals surface area contributed by atoms with Crippen molar-refractivity contribution in [2.24, 2.45) is 0 Å². The minimum atomic E-state index is -0.353. The fraction of sp³-hybridized carbons (Fsp3) is 0.250. The molecule has 0 spiro atoms. The number of anilines is 3. The average molecular weight is 391 g/mol. The van der Waals surface area contributed by atoms with Crippen LogP contribution in [-0.2, 0) is 4.79 Å². The summed E-state index contributed by atoms with van der Waals surface area (Å²) in [5, 5.41) is 18.1. The fourth-order valence-electron chi connectivity index (χ4n) is 1.96. The van der Waals surface area contributed by atoms with E-state index in [4.69, 9.17) is 9.26 Å². The smallest absolute Gasteiger partial charge is 0.238 e. The maximum atomic E-state index is 12.2. The molecule has 10 heteroatoms. The van der Waals surface area contributed by atoms with Gasteiger partial charge in [-0.15, -0.1) is 10.2 Å². The summed E-state index contributed by atoms with van der Waals surface area (Å²) in [6.07, 6.45) is 0. The number of aromatic nitrogens is 3. The molecule has 8 nitrogen and oxygen atoms in total. The Morgan fingerprint density at radius 3 is 2.73 bits per heavy atom. The van der Waals surface area contributed by atoms with Crippen molar-refractivity contribution in [1.29, 1.82) is 0 Å². The van der Waals surface area contributed by atoms with Crippen LogP contribution in [0.1, 0.15) is 12.7 Å². The summed E-state index contributed by atoms with van der Waals surface area (Å²) in [4.78, 5) is 12.2. The van der Waals surface area contributed by atoms with E-state index < -0.39 is 0 Å². The highest BCUT2D eigenvalue weighted by Gasteiger charge is 2.18. The van der Waals surface area contributed by atoms with E-state index in [0.717, 1.165) is 11.4 Å². The molecule has 26 heavy (non-hydrogen) atoms. The fourth-order valence-corrected chi connectivity index (χ4v) is 3.88. The molecule has 3 aromatic rings. The van der Waals surface area contributed by atoms with Gasteiger partial charge in [0.05, 0.1) is 12.4 Å². The molecule has 0 aliphatic rings. The van der Waals surface area contributed by atoms with Crippen LogP contribution in [0.3, 0.4) is 0 Å². The first-order valence-electron chi connectivity index (χ1n) is 7.69. The third kappa shape index (κ3) is 4.73. The van der Waals surface area contributed by atoms with Gasteiger partial charge in [-0.3, -0.25) is 4.79 Å². The molecular weight excluding hydrogens is 374 g/mol. The number of carbonyl (C=O) groups excluding carboxylic acids is 1. The Kier molecular flexibility index (Phi) is 5.74. The zero-order valence-electron chi connectivity index (χ0n) is 14.3. The van der Waals surface area contributed by atoms with Crippen LogP contribution in [0.5, 0.6) is 5.75 Å². The summed E-state index contributed by atoms with van der Waals surface area (Å²) in [7, 11) is 1.62. The van der Waals surface area contributed by atoms with E-state index in [0.29, 0.717) is 21.0 Å². The number of ether oxygens (including phenoxy) is 1. The van der Waals surface area contributed by atoms with Gasteiger partial charge in [0.15, 0.2) is 10.2 Å². The molecule has 0 saturated carbocycles. The number of hydrogen-bond acceptors (Lipinski definition) is 9. The summed E-state index contributed by atoms with van der Waals surface area (Å²) < 4.78 is 10.8. The molecule has 0 radical (unpaired) electrons. The Bertz CT molecular complexity index is 878. The quantitative estimate of drug-likeness (QED) is 0.588. The van der Waals surface area contributed by atoms with Gasteiger partial charge >= 0.3 is 0 Å². The predicted octanol–water partition coefficient (Wildman–Crippen LogP) is 3.71. The first-order chi connectivity index (χ1) is 12.5. The van der Waals surface area contributed by atoms with Crippen LogP contribution in [0.25, 0.3) is 0 Å². The van der Waals surface area contributed by atoms with Crippen LogP contribution in [0, 0.1) is 6.92 Å². The van der Waals surface area contributed by atoms with Crippen LogP contribution in [0.15, 0.2) is 39.2 Å². The minimum absolute atomic E-state index is 0.178. The van der Waals surface area contributed by atoms with Gasteiger partial charge in [-0.05, 0) is 38.1 Å². The van der Waals surface area contributed by atoms with Gasteiger partial charge in [-0.25, -0.2) is 0 Å². The second-order valence-corrected chi connectivity index (χ2v) is 7.86. The van der Waals surface area contributed by atoms with E-state index in [-0.39, 0.29) is 11.2 Å². The van der Waals surface area contributed by atoms with Gasteiger partial charge in [0.2, 0.25) is 11.0 Å². The number of nitrogens with zero attached hydrogens (tertiary/aromatic N) is 3. The number of aryl methyl sites for hydroxylation is 1. The molecule has 3 rings (SSSR count). The second kappa shape index (κ2) is 8.19. The highest BCUT2D eigenvalue weighted by molar-refractivity contribution is 8.02. The van der Waals surface area contributed by atoms with Crippen LogP contribution in [-0.4, -0.2) is 33.6 Å². The van der Waals surface area contributed by atoms with Crippen molar-refractivity contribution in [2.45, 2.75) is 23.4 Å². The SMILES string of the molecule is COc1ccc(Nc2nnc(S[C@H](C)C(=O)Nc3cc(C)on3)s2)cc1. The van der Waals surface area contributed by atoms with Crippen LogP contribution in [0.4, 0.5) is 16.6 Å². The van der Waals surface area contributed by atoms with Crippen molar-refractivity contribution in [1.82, 2.24) is 15.4 Å². The average Bonchev–Trinajstić information content (AvgIpc) is 3.24. The number of thioether (sulfide) groups is 1. The Morgan fingerprint density at radius 1 is 1.31 bits per heavy atom. The molecule has 1 aromatic carbocycles. The molecule has 0 bridgehead atoms. The highest BCUT2D eigenvalue weighted by Crippen LogP contribution is 2.31. The van der Waals surface area contributed by atoms with Gasteiger partial charge in [0, 0.05) is 11.8 Å². The molecule has 0 fully saturated rings. The molecule has 136 valence electrons. The largest absolute Gasteiger partial charge is 0.497 e. The first kappa shape index (κ1) is 18.2. The van der Waals surface area contributed by atoms with E-state index in [1.807, 2.05) is 24.3 Å². The molecule has 0 aliphatic heterocycles. The van der Waals surface area contributed by atoms with E-state index >= 15 is 0 Å². The van der Waals surface area contributed by atoms with Crippen LogP contribution < -0.4 is 15.4 Å². The molecule has 2 heterocycles. The Balaban J connectivity index is 1.55. The van der Waals surface area contributed by atoms with E-state index in [9.17, 15) is 4.79 Å². The molecule has 0 saturated heterocycles. The summed E-state index contributed by atoms with van der Waals surface area (Å²) in [6, 6.07) is 9.16. The lowest BCUT2D eigenvalue weighted by Gasteiger charge is -2.07. The predicted molar refractivity (Wildman–Crippen MR) is 101 cm³/mol. The topological polar surface area (TPSA) is 102 Å². The lowest BCUT2D eigenvalue weighted by atomic mass is 10.3. The third-order valence-electron chi connectivity index (χ3n) is 3.27. The van der Waals surface area contributed by atoms with Gasteiger partial charge in [-0.2, -0.15) is 0 Å². The van der Waals surface area contributed by atoms with Gasteiger partial charge in [0.25, 0.3) is 0 Å². The summed E-state index contributed by atoms with van der Waals surface area (Å²) in [5.41, 5.74) is 0.880. The number of amides is 1. The van der Waals surface area contributed by atoms with Crippen LogP contribution >= 0.6 is 23.1 Å². The highest BCUT2D eigenvalue weighted by atomic mass is 32.2. The Labute approximate surface area is 158 Å². The molecule has 0 aliphatic carbocycles. The molecule has 1 atom stereocenters. The standard InChI is InChI=1S/C16H17N5O3S2/c1-9-8-13(21-24-9)18-14(22)10(2)25-16-20-19-15(26-16)17-11-4-6-12(23-3)7-5-11/h4-8,10H,1-3H3,(H,17,19)(H,18,21,22)/t10-/m1/s1. The summed E-state index contributed by atoms with van der Waals surface area (Å²) >= 11 is 2.71. The zero-order chi connectivity index (χ0) is 18.5. The minimum Gasteiger partial charge on any atom is -0.497 e. The van der Waals surface area contributed by atoms with Gasteiger partial charge in [0.1, 0.15) is 11.5 Å². The normalized spacial score (nSPS) is 11.8. The molecular formula is C16H17N5O3S2. The third-order valence-corrected chi connectivity index (χ3v) is 5.30. The Hall–Kier alpha value is -2.59. The number of benzene rings is 1. The summed E-state index contributed by atoms with van der Waals surface area (Å²) in [5.74, 6) is 1.65. The van der Waals surface area contributed by atoms with Gasteiger partial charge in [-0.1, -0.05) is 28.3 Å². The number of carbonyl (C=O) groups is 1. The molecule has 2 aromatic heterocycles. The molecule has 1 amide bonds. The number of nitrogens with one attached hydrogen (secondary N) is 2. The monoisotopic (exact) mass is 391 g/mol. The summed E-state index contributed by atoms with van der Waals surface area (Å²) in [6.45, 7) is 3.56. The Morgan fingerprint density at radius 2 is 2.08 bits per heavy atom. The van der Waals surface area contributed by atoms with Crippen molar-refractivity contribution >= 4 is 45.6 Å². The maximum Gasteiger partial charge on any atom is 0.238 e. The van der Waals surface area contributed by atoms with Crippen molar-refractivity contribution in [3.05, 3.63) is 36.1 Å². The lowest BCUT2D eigenvalue weighted by Crippen LogP contribution is -2.22. The van der Waals surface area contributed by atoms with Crippen molar-refractivity contribution < 1.29 is 14.1 Å². The van der Waals surface area contributed by atoms with Crippen LogP contribution in [0.2, 0.25) is 0 Å².